The van der Waals surface area contributed by atoms with E-state index >= 15 is 0 Å². The van der Waals surface area contributed by atoms with Crippen molar-refractivity contribution in [3.05, 3.63) is 45.6 Å². The van der Waals surface area contributed by atoms with Gasteiger partial charge in [-0.1, -0.05) is 17.7 Å². The minimum Gasteiger partial charge on any atom is -0.325 e. The number of carbonyl (C=O) groups is 1. The molecule has 6 heteroatoms. The van der Waals surface area contributed by atoms with Crippen LogP contribution < -0.4 is 5.32 Å². The molecule has 0 aliphatic carbocycles. The Kier molecular flexibility index (Phi) is 6.29. The van der Waals surface area contributed by atoms with Crippen molar-refractivity contribution in [2.24, 2.45) is 0 Å². The van der Waals surface area contributed by atoms with Crippen molar-refractivity contribution in [2.75, 3.05) is 17.3 Å². The third kappa shape index (κ3) is 5.05. The normalized spacial score (nSPS) is 10.5. The molecule has 0 radical (unpaired) electrons. The summed E-state index contributed by atoms with van der Waals surface area (Å²) in [6, 6.07) is 11.7. The highest BCUT2D eigenvalue weighted by Crippen LogP contribution is 2.25. The molecule has 0 aliphatic heterocycles. The van der Waals surface area contributed by atoms with Gasteiger partial charge in [0.1, 0.15) is 0 Å². The van der Waals surface area contributed by atoms with E-state index in [1.807, 2.05) is 42.7 Å². The highest BCUT2D eigenvalue weighted by molar-refractivity contribution is 7.99. The van der Waals surface area contributed by atoms with Crippen molar-refractivity contribution in [3.8, 4) is 0 Å². The number of nitrogens with one attached hydrogen (secondary N) is 1. The molecule has 1 aromatic heterocycles. The fourth-order valence-corrected chi connectivity index (χ4v) is 4.06. The molecule has 0 saturated heterocycles. The van der Waals surface area contributed by atoms with E-state index in [2.05, 4.69) is 5.32 Å². The maximum atomic E-state index is 11.8. The molecule has 1 aromatic carbocycles. The monoisotopic (exact) mass is 343 g/mol. The van der Waals surface area contributed by atoms with Gasteiger partial charge in [-0.2, -0.15) is 0 Å². The second kappa shape index (κ2) is 7.98. The number of hydrogen-bond acceptors (Lipinski definition) is 4. The number of benzene rings is 1. The second-order valence-electron chi connectivity index (χ2n) is 3.98. The van der Waals surface area contributed by atoms with Gasteiger partial charge in [-0.25, -0.2) is 0 Å². The molecule has 0 atom stereocenters. The maximum absolute atomic E-state index is 11.8. The molecule has 106 valence electrons. The lowest BCUT2D eigenvalue weighted by molar-refractivity contribution is -0.113. The Morgan fingerprint density at radius 2 is 2.20 bits per heavy atom. The van der Waals surface area contributed by atoms with Gasteiger partial charge < -0.3 is 5.32 Å². The van der Waals surface area contributed by atoms with Gasteiger partial charge in [-0.05, 0) is 36.6 Å². The molecule has 2 rings (SSSR count). The van der Waals surface area contributed by atoms with Gasteiger partial charge in [0.25, 0.3) is 0 Å². The predicted octanol–water partition coefficient (Wildman–Crippen LogP) is 5.00. The Hall–Kier alpha value is -0.620. The molecule has 1 N–H and O–H groups in total. The van der Waals surface area contributed by atoms with Crippen molar-refractivity contribution in [3.63, 3.8) is 0 Å². The van der Waals surface area contributed by atoms with Crippen LogP contribution in [-0.4, -0.2) is 17.9 Å². The van der Waals surface area contributed by atoms with Crippen LogP contribution in [0.4, 0.5) is 5.69 Å². The summed E-state index contributed by atoms with van der Waals surface area (Å²) in [6.07, 6.45) is 2.02. The Morgan fingerprint density at radius 3 is 2.90 bits per heavy atom. The average molecular weight is 344 g/mol. The van der Waals surface area contributed by atoms with Gasteiger partial charge in [0.15, 0.2) is 0 Å². The van der Waals surface area contributed by atoms with Crippen LogP contribution in [-0.2, 0) is 10.5 Å². The number of carbonyl (C=O) groups excluding carboxylic acids is 1. The number of thioether (sulfide) groups is 2. The number of amides is 1. The van der Waals surface area contributed by atoms with Gasteiger partial charge in [0, 0.05) is 21.2 Å². The molecule has 0 bridgehead atoms. The first-order chi connectivity index (χ1) is 9.67. The molecule has 2 aromatic rings. The van der Waals surface area contributed by atoms with Crippen molar-refractivity contribution in [1.29, 1.82) is 0 Å². The summed E-state index contributed by atoms with van der Waals surface area (Å²) >= 11 is 10.7. The van der Waals surface area contributed by atoms with Crippen LogP contribution in [0.1, 0.15) is 4.88 Å². The molecule has 1 heterocycles. The minimum absolute atomic E-state index is 0.0240. The van der Waals surface area contributed by atoms with Crippen LogP contribution in [0.3, 0.4) is 0 Å². The highest BCUT2D eigenvalue weighted by atomic mass is 35.5. The molecule has 0 saturated carbocycles. The molecule has 20 heavy (non-hydrogen) atoms. The van der Waals surface area contributed by atoms with E-state index < -0.39 is 0 Å². The first-order valence-electron chi connectivity index (χ1n) is 5.93. The molecular weight excluding hydrogens is 330 g/mol. The Labute approximate surface area is 136 Å². The predicted molar refractivity (Wildman–Crippen MR) is 92.3 cm³/mol. The number of thiophene rings is 1. The Morgan fingerprint density at radius 1 is 1.35 bits per heavy atom. The quantitative estimate of drug-likeness (QED) is 0.749. The fourth-order valence-electron chi connectivity index (χ4n) is 1.57. The molecule has 1 amide bonds. The molecular formula is C14H14ClNOS3. The van der Waals surface area contributed by atoms with E-state index in [1.54, 1.807) is 34.9 Å². The Bertz CT molecular complexity index is 585. The molecule has 0 spiro atoms. The van der Waals surface area contributed by atoms with E-state index in [-0.39, 0.29) is 5.91 Å². The smallest absolute Gasteiger partial charge is 0.234 e. The first kappa shape index (κ1) is 15.8. The van der Waals surface area contributed by atoms with Crippen LogP contribution in [0, 0.1) is 0 Å². The highest BCUT2D eigenvalue weighted by Gasteiger charge is 2.04. The second-order valence-corrected chi connectivity index (χ2v) is 7.64. The fraction of sp³-hybridized carbons (Fsp3) is 0.214. The summed E-state index contributed by atoms with van der Waals surface area (Å²) in [4.78, 5) is 14.2. The Balaban J connectivity index is 1.77. The van der Waals surface area contributed by atoms with E-state index in [1.165, 1.54) is 4.88 Å². The van der Waals surface area contributed by atoms with E-state index in [4.69, 9.17) is 11.6 Å². The maximum Gasteiger partial charge on any atom is 0.234 e. The number of halogens is 1. The van der Waals surface area contributed by atoms with E-state index in [0.717, 1.165) is 20.7 Å². The largest absolute Gasteiger partial charge is 0.325 e. The molecule has 0 aliphatic rings. The summed E-state index contributed by atoms with van der Waals surface area (Å²) in [5.74, 6) is 1.28. The van der Waals surface area contributed by atoms with Crippen molar-refractivity contribution >= 4 is 58.1 Å². The summed E-state index contributed by atoms with van der Waals surface area (Å²) in [7, 11) is 0. The third-order valence-electron chi connectivity index (χ3n) is 2.46. The molecule has 0 unspecified atom stereocenters. The van der Waals surface area contributed by atoms with Crippen molar-refractivity contribution in [2.45, 2.75) is 10.6 Å². The first-order valence-corrected chi connectivity index (χ1v) is 9.50. The number of anilines is 1. The van der Waals surface area contributed by atoms with Gasteiger partial charge in [-0.3, -0.25) is 4.79 Å². The van der Waals surface area contributed by atoms with Crippen LogP contribution >= 0.6 is 46.5 Å². The van der Waals surface area contributed by atoms with Crippen LogP contribution in [0.25, 0.3) is 0 Å². The van der Waals surface area contributed by atoms with Crippen LogP contribution in [0.15, 0.2) is 41.3 Å². The lowest BCUT2D eigenvalue weighted by Crippen LogP contribution is -2.14. The van der Waals surface area contributed by atoms with Gasteiger partial charge in [-0.15, -0.1) is 34.9 Å². The SMILES string of the molecule is CSc1cccc(NC(=O)CSCc2ccc(Cl)s2)c1. The summed E-state index contributed by atoms with van der Waals surface area (Å²) < 4.78 is 0.791. The van der Waals surface area contributed by atoms with Crippen LogP contribution in [0.5, 0.6) is 0 Å². The third-order valence-corrected chi connectivity index (χ3v) is 5.58. The van der Waals surface area contributed by atoms with E-state index in [0.29, 0.717) is 5.75 Å². The van der Waals surface area contributed by atoms with Gasteiger partial charge in [0.05, 0.1) is 10.1 Å². The van der Waals surface area contributed by atoms with Gasteiger partial charge in [0.2, 0.25) is 5.91 Å². The summed E-state index contributed by atoms with van der Waals surface area (Å²) in [6.45, 7) is 0. The molecule has 2 nitrogen and oxygen atoms in total. The lowest BCUT2D eigenvalue weighted by Gasteiger charge is -2.06. The number of hydrogen-bond donors (Lipinski definition) is 1. The summed E-state index contributed by atoms with van der Waals surface area (Å²) in [5, 5.41) is 2.91. The standard InChI is InChI=1S/C14H14ClNOS3/c1-18-11-4-2-3-10(7-11)16-14(17)9-19-8-12-5-6-13(15)20-12/h2-7H,8-9H2,1H3,(H,16,17). The zero-order valence-corrected chi connectivity index (χ0v) is 14.1. The average Bonchev–Trinajstić information content (AvgIpc) is 2.84. The van der Waals surface area contributed by atoms with Crippen molar-refractivity contribution < 1.29 is 4.79 Å². The van der Waals surface area contributed by atoms with Crippen molar-refractivity contribution in [1.82, 2.24) is 0 Å². The lowest BCUT2D eigenvalue weighted by atomic mass is 10.3. The zero-order valence-electron chi connectivity index (χ0n) is 10.9. The molecule has 0 fully saturated rings. The van der Waals surface area contributed by atoms with Gasteiger partial charge >= 0.3 is 0 Å². The minimum atomic E-state index is 0.0240. The zero-order chi connectivity index (χ0) is 14.4. The van der Waals surface area contributed by atoms with E-state index in [9.17, 15) is 4.79 Å². The number of rotatable bonds is 6. The topological polar surface area (TPSA) is 29.1 Å². The summed E-state index contributed by atoms with van der Waals surface area (Å²) in [5.41, 5.74) is 0.849. The van der Waals surface area contributed by atoms with Crippen LogP contribution in [0.2, 0.25) is 4.34 Å².